The van der Waals surface area contributed by atoms with E-state index in [4.69, 9.17) is 16.2 Å². The van der Waals surface area contributed by atoms with Crippen molar-refractivity contribution in [3.8, 4) is 16.9 Å². The molecule has 0 heterocycles. The minimum atomic E-state index is -2.63. The minimum absolute atomic E-state index is 0.00233. The number of aliphatic hydroxyl groups excluding tert-OH is 2. The molecule has 2 aromatic rings. The Morgan fingerprint density at radius 3 is 2.45 bits per heavy atom. The lowest BCUT2D eigenvalue weighted by molar-refractivity contribution is -0.147. The number of carbonyl (C=O) groups is 4. The van der Waals surface area contributed by atoms with Crippen molar-refractivity contribution in [2.75, 3.05) is 12.8 Å². The zero-order chi connectivity index (χ0) is 27.7. The van der Waals surface area contributed by atoms with Gasteiger partial charge in [-0.05, 0) is 59.7 Å². The number of esters is 1. The van der Waals surface area contributed by atoms with Gasteiger partial charge in [0.1, 0.15) is 22.8 Å². The van der Waals surface area contributed by atoms with Crippen LogP contribution >= 0.6 is 0 Å². The van der Waals surface area contributed by atoms with Crippen molar-refractivity contribution < 1.29 is 44.3 Å². The van der Waals surface area contributed by atoms with Crippen molar-refractivity contribution in [2.24, 2.45) is 17.6 Å². The molecule has 2 aromatic carbocycles. The van der Waals surface area contributed by atoms with Gasteiger partial charge in [0, 0.05) is 23.6 Å². The van der Waals surface area contributed by atoms with Crippen molar-refractivity contribution >= 4 is 34.9 Å². The van der Waals surface area contributed by atoms with E-state index in [-0.39, 0.29) is 41.0 Å². The molecule has 11 nitrogen and oxygen atoms in total. The topological polar surface area (TPSA) is 210 Å². The van der Waals surface area contributed by atoms with Crippen LogP contribution in [0.1, 0.15) is 34.3 Å². The molecular weight excluding hydrogens is 496 g/mol. The number of aliphatic hydroxyl groups is 3. The maximum atomic E-state index is 13.6. The fourth-order valence-electron chi connectivity index (χ4n) is 5.93. The number of hydrogen-bond donors (Lipinski definition) is 6. The molecule has 0 spiro atoms. The number of ketones is 2. The second kappa shape index (κ2) is 8.45. The average molecular weight is 520 g/mol. The fourth-order valence-corrected chi connectivity index (χ4v) is 5.93. The number of ether oxygens (including phenoxy) is 1. The van der Waals surface area contributed by atoms with Crippen LogP contribution in [0.4, 0.5) is 5.69 Å². The highest BCUT2D eigenvalue weighted by atomic mass is 16.5. The summed E-state index contributed by atoms with van der Waals surface area (Å²) in [5.74, 6) is -7.61. The number of phenolic OH excluding ortho intramolecular Hbond substituents is 1. The molecule has 196 valence electrons. The Morgan fingerprint density at radius 2 is 1.79 bits per heavy atom. The summed E-state index contributed by atoms with van der Waals surface area (Å²) < 4.78 is 4.79. The molecule has 5 rings (SSSR count). The van der Waals surface area contributed by atoms with Gasteiger partial charge in [-0.3, -0.25) is 14.4 Å². The summed E-state index contributed by atoms with van der Waals surface area (Å²) in [7, 11) is 1.23. The molecule has 38 heavy (non-hydrogen) atoms. The van der Waals surface area contributed by atoms with E-state index in [9.17, 15) is 39.6 Å². The molecule has 1 saturated carbocycles. The number of nitrogens with two attached hydrogens (primary N) is 2. The van der Waals surface area contributed by atoms with E-state index >= 15 is 0 Å². The number of Topliss-reactive ketones (excluding diaryl/α,β-unsaturated/α-hetero) is 2. The Labute approximate surface area is 215 Å². The molecule has 3 unspecified atom stereocenters. The highest BCUT2D eigenvalue weighted by molar-refractivity contribution is 6.22. The van der Waals surface area contributed by atoms with E-state index in [1.165, 1.54) is 19.2 Å². The van der Waals surface area contributed by atoms with Crippen LogP contribution in [0.2, 0.25) is 0 Å². The number of primary amides is 1. The zero-order valence-electron chi connectivity index (χ0n) is 20.1. The van der Waals surface area contributed by atoms with Gasteiger partial charge in [0.2, 0.25) is 5.78 Å². The van der Waals surface area contributed by atoms with Crippen LogP contribution < -0.4 is 11.5 Å². The van der Waals surface area contributed by atoms with Crippen LogP contribution in [-0.2, 0) is 25.5 Å². The fraction of sp³-hybridized carbons (Fsp3) is 0.259. The number of fused-ring (bicyclic) bond motifs is 3. The van der Waals surface area contributed by atoms with Gasteiger partial charge in [0.05, 0.1) is 18.2 Å². The Balaban J connectivity index is 1.70. The van der Waals surface area contributed by atoms with Crippen LogP contribution in [0.15, 0.2) is 47.2 Å². The number of amides is 1. The second-order valence-corrected chi connectivity index (χ2v) is 9.73. The summed E-state index contributed by atoms with van der Waals surface area (Å²) in [6.07, 6.45) is -0.296. The number of anilines is 1. The average Bonchev–Trinajstić information content (AvgIpc) is 2.85. The van der Waals surface area contributed by atoms with Crippen LogP contribution in [0.3, 0.4) is 0 Å². The van der Waals surface area contributed by atoms with Crippen LogP contribution in [0, 0.1) is 11.8 Å². The van der Waals surface area contributed by atoms with Crippen LogP contribution in [0.25, 0.3) is 16.9 Å². The molecule has 0 aromatic heterocycles. The van der Waals surface area contributed by atoms with Crippen molar-refractivity contribution in [3.63, 3.8) is 0 Å². The minimum Gasteiger partial charge on any atom is -0.508 e. The first kappa shape index (κ1) is 25.0. The quantitative estimate of drug-likeness (QED) is 0.195. The van der Waals surface area contributed by atoms with Gasteiger partial charge in [-0.1, -0.05) is 6.07 Å². The van der Waals surface area contributed by atoms with Gasteiger partial charge in [0.15, 0.2) is 11.4 Å². The smallest absolute Gasteiger partial charge is 0.337 e. The molecule has 3 aliphatic carbocycles. The van der Waals surface area contributed by atoms with Crippen LogP contribution in [-0.4, -0.2) is 56.6 Å². The third-order valence-electron chi connectivity index (χ3n) is 7.63. The normalized spacial score (nSPS) is 24.5. The monoisotopic (exact) mass is 520 g/mol. The van der Waals surface area contributed by atoms with E-state index in [2.05, 4.69) is 0 Å². The number of carbonyl (C=O) groups excluding carboxylic acids is 4. The molecular formula is C27H24N2O9. The lowest BCUT2D eigenvalue weighted by atomic mass is 9.59. The molecule has 8 N–H and O–H groups in total. The maximum Gasteiger partial charge on any atom is 0.337 e. The SMILES string of the molecule is COC(=O)c1cc(N)cc(-c2ccc(O)c3c2CC2CC4CC(=O)C(C(N)=O)=C(O)C4(O)C(=O)C2=C3O)c1. The van der Waals surface area contributed by atoms with Gasteiger partial charge >= 0.3 is 5.97 Å². The summed E-state index contributed by atoms with van der Waals surface area (Å²) in [6, 6.07) is 7.48. The zero-order valence-corrected chi connectivity index (χ0v) is 20.1. The van der Waals surface area contributed by atoms with Crippen molar-refractivity contribution in [3.05, 3.63) is 63.9 Å². The van der Waals surface area contributed by atoms with E-state index in [1.807, 2.05) is 0 Å². The summed E-state index contributed by atoms with van der Waals surface area (Å²) in [4.78, 5) is 50.0. The number of phenols is 1. The first-order valence-electron chi connectivity index (χ1n) is 11.7. The second-order valence-electron chi connectivity index (χ2n) is 9.73. The summed E-state index contributed by atoms with van der Waals surface area (Å²) in [6.45, 7) is 0. The number of aromatic hydroxyl groups is 1. The number of benzene rings is 2. The molecule has 0 bridgehead atoms. The Morgan fingerprint density at radius 1 is 1.08 bits per heavy atom. The van der Waals surface area contributed by atoms with Crippen LogP contribution in [0.5, 0.6) is 5.75 Å². The number of hydrogen-bond acceptors (Lipinski definition) is 10. The molecule has 1 fully saturated rings. The van der Waals surface area contributed by atoms with E-state index in [1.54, 1.807) is 18.2 Å². The van der Waals surface area contributed by atoms with E-state index in [0.717, 1.165) is 0 Å². The van der Waals surface area contributed by atoms with Crippen molar-refractivity contribution in [2.45, 2.75) is 24.9 Å². The molecule has 11 heteroatoms. The standard InChI is InChI=1S/C27H24N2O9/c1-38-26(36)12-4-10(6-14(28)7-12)15-2-3-17(30)20-16(15)8-11-5-13-9-18(31)21(25(29)35)24(34)27(13,37)23(33)19(11)22(20)32/h2-4,6-7,11,13,30,32,34,37H,5,8-9,28H2,1H3,(H2,29,35). The van der Waals surface area contributed by atoms with Gasteiger partial charge in [-0.2, -0.15) is 0 Å². The first-order chi connectivity index (χ1) is 17.9. The number of methoxy groups -OCH3 is 1. The van der Waals surface area contributed by atoms with E-state index in [0.29, 0.717) is 16.7 Å². The molecule has 3 aliphatic rings. The van der Waals surface area contributed by atoms with Crippen molar-refractivity contribution in [1.82, 2.24) is 0 Å². The molecule has 0 saturated heterocycles. The summed E-state index contributed by atoms with van der Waals surface area (Å²) in [5.41, 5.74) is 9.37. The number of rotatable bonds is 3. The van der Waals surface area contributed by atoms with E-state index < -0.39 is 64.4 Å². The Kier molecular flexibility index (Phi) is 5.57. The molecule has 3 atom stereocenters. The molecule has 0 radical (unpaired) electrons. The molecule has 0 aliphatic heterocycles. The predicted molar refractivity (Wildman–Crippen MR) is 133 cm³/mol. The summed E-state index contributed by atoms with van der Waals surface area (Å²) >= 11 is 0. The lowest BCUT2D eigenvalue weighted by Gasteiger charge is -2.46. The third kappa shape index (κ3) is 3.39. The van der Waals surface area contributed by atoms with Crippen molar-refractivity contribution in [1.29, 1.82) is 0 Å². The Hall–Kier alpha value is -4.64. The van der Waals surface area contributed by atoms with Gasteiger partial charge in [-0.15, -0.1) is 0 Å². The summed E-state index contributed by atoms with van der Waals surface area (Å²) in [5, 5.41) is 43.9. The van der Waals surface area contributed by atoms with Gasteiger partial charge < -0.3 is 36.6 Å². The highest BCUT2D eigenvalue weighted by Gasteiger charge is 2.60. The first-order valence-corrected chi connectivity index (χ1v) is 11.7. The highest BCUT2D eigenvalue weighted by Crippen LogP contribution is 2.53. The Bertz CT molecular complexity index is 1540. The number of nitrogen functional groups attached to an aromatic ring is 1. The van der Waals surface area contributed by atoms with Gasteiger partial charge in [0.25, 0.3) is 5.91 Å². The lowest BCUT2D eigenvalue weighted by Crippen LogP contribution is -2.58. The molecule has 1 amide bonds. The van der Waals surface area contributed by atoms with Gasteiger partial charge in [-0.25, -0.2) is 4.79 Å². The third-order valence-corrected chi connectivity index (χ3v) is 7.63. The maximum absolute atomic E-state index is 13.6. The largest absolute Gasteiger partial charge is 0.508 e. The predicted octanol–water partition coefficient (Wildman–Crippen LogP) is 1.46.